The Bertz CT molecular complexity index is 691. The van der Waals surface area contributed by atoms with Crippen LogP contribution in [0.2, 0.25) is 0 Å². The third-order valence-electron chi connectivity index (χ3n) is 4.15. The van der Waals surface area contributed by atoms with E-state index < -0.39 is 5.82 Å². The van der Waals surface area contributed by atoms with E-state index in [-0.39, 0.29) is 11.7 Å². The first-order chi connectivity index (χ1) is 11.5. The topological polar surface area (TPSA) is 29.5 Å². The van der Waals surface area contributed by atoms with Crippen molar-refractivity contribution >= 4 is 5.91 Å². The highest BCUT2D eigenvalue weighted by molar-refractivity contribution is 5.94. The summed E-state index contributed by atoms with van der Waals surface area (Å²) in [5.41, 5.74) is 1.56. The van der Waals surface area contributed by atoms with Gasteiger partial charge in [0.1, 0.15) is 5.75 Å². The van der Waals surface area contributed by atoms with Crippen molar-refractivity contribution in [3.8, 4) is 11.5 Å². The number of hydrogen-bond donors (Lipinski definition) is 0. The molecule has 0 fully saturated rings. The van der Waals surface area contributed by atoms with Gasteiger partial charge in [0.25, 0.3) is 5.91 Å². The number of carbonyl (C=O) groups is 1. The van der Waals surface area contributed by atoms with Crippen LogP contribution in [0, 0.1) is 5.82 Å². The third-order valence-corrected chi connectivity index (χ3v) is 4.15. The van der Waals surface area contributed by atoms with E-state index in [1.54, 1.807) is 20.2 Å². The first-order valence-electron chi connectivity index (χ1n) is 8.25. The zero-order valence-corrected chi connectivity index (χ0v) is 14.7. The first-order valence-corrected chi connectivity index (χ1v) is 8.25. The number of rotatable bonds is 6. The Labute approximate surface area is 143 Å². The Morgan fingerprint density at radius 2 is 1.71 bits per heavy atom. The summed E-state index contributed by atoms with van der Waals surface area (Å²) >= 11 is 0. The van der Waals surface area contributed by atoms with Crippen molar-refractivity contribution in [3.63, 3.8) is 0 Å². The highest BCUT2D eigenvalue weighted by Crippen LogP contribution is 2.28. The van der Waals surface area contributed by atoms with Gasteiger partial charge >= 0.3 is 0 Å². The van der Waals surface area contributed by atoms with Crippen molar-refractivity contribution < 1.29 is 13.9 Å². The van der Waals surface area contributed by atoms with Crippen LogP contribution >= 0.6 is 0 Å². The summed E-state index contributed by atoms with van der Waals surface area (Å²) < 4.78 is 19.8. The fourth-order valence-corrected chi connectivity index (χ4v) is 2.67. The predicted octanol–water partition coefficient (Wildman–Crippen LogP) is 5.22. The minimum absolute atomic E-state index is 0.112. The molecule has 0 N–H and O–H groups in total. The van der Waals surface area contributed by atoms with Gasteiger partial charge in [0, 0.05) is 19.7 Å². The number of amides is 1. The molecule has 0 aliphatic rings. The molecule has 0 saturated carbocycles. The van der Waals surface area contributed by atoms with Crippen molar-refractivity contribution in [1.29, 1.82) is 0 Å². The van der Waals surface area contributed by atoms with Gasteiger partial charge in [0.05, 0.1) is 0 Å². The monoisotopic (exact) mass is 329 g/mol. The van der Waals surface area contributed by atoms with E-state index in [4.69, 9.17) is 4.74 Å². The summed E-state index contributed by atoms with van der Waals surface area (Å²) in [6, 6.07) is 12.0. The molecule has 2 aromatic rings. The van der Waals surface area contributed by atoms with Gasteiger partial charge in [-0.3, -0.25) is 4.79 Å². The molecule has 0 saturated heterocycles. The SMILES string of the molecule is CCC(CC)c1ccc(Oc2ccc(C(=O)N(C)C)cc2F)cc1. The lowest BCUT2D eigenvalue weighted by molar-refractivity contribution is 0.0827. The molecular formula is C20H24FNO2. The Morgan fingerprint density at radius 1 is 1.08 bits per heavy atom. The van der Waals surface area contributed by atoms with E-state index >= 15 is 0 Å². The number of benzene rings is 2. The molecule has 0 atom stereocenters. The zero-order valence-electron chi connectivity index (χ0n) is 14.7. The minimum atomic E-state index is -0.549. The van der Waals surface area contributed by atoms with E-state index in [1.165, 1.54) is 22.6 Å². The Morgan fingerprint density at radius 3 is 2.21 bits per heavy atom. The molecule has 0 spiro atoms. The summed E-state index contributed by atoms with van der Waals surface area (Å²) in [4.78, 5) is 13.3. The smallest absolute Gasteiger partial charge is 0.253 e. The summed E-state index contributed by atoms with van der Waals surface area (Å²) in [6.07, 6.45) is 2.18. The van der Waals surface area contributed by atoms with Gasteiger partial charge in [0.15, 0.2) is 11.6 Å². The molecule has 0 radical (unpaired) electrons. The molecule has 128 valence electrons. The lowest BCUT2D eigenvalue weighted by atomic mass is 9.94. The van der Waals surface area contributed by atoms with Crippen LogP contribution in [0.25, 0.3) is 0 Å². The number of carbonyl (C=O) groups excluding carboxylic acids is 1. The Kier molecular flexibility index (Phi) is 5.96. The molecule has 3 nitrogen and oxygen atoms in total. The lowest BCUT2D eigenvalue weighted by Gasteiger charge is -2.14. The van der Waals surface area contributed by atoms with Gasteiger partial charge in [-0.1, -0.05) is 26.0 Å². The van der Waals surface area contributed by atoms with E-state index in [0.29, 0.717) is 17.2 Å². The number of hydrogen-bond acceptors (Lipinski definition) is 2. The van der Waals surface area contributed by atoms with Crippen LogP contribution in [0.4, 0.5) is 4.39 Å². The van der Waals surface area contributed by atoms with Gasteiger partial charge in [-0.25, -0.2) is 4.39 Å². The van der Waals surface area contributed by atoms with E-state index in [2.05, 4.69) is 13.8 Å². The summed E-state index contributed by atoms with van der Waals surface area (Å²) in [5.74, 6) is 0.435. The first kappa shape index (κ1) is 18.0. The molecule has 2 rings (SSSR count). The van der Waals surface area contributed by atoms with E-state index in [9.17, 15) is 9.18 Å². The van der Waals surface area contributed by atoms with Gasteiger partial charge in [-0.2, -0.15) is 0 Å². The van der Waals surface area contributed by atoms with Crippen LogP contribution in [0.1, 0.15) is 48.5 Å². The average molecular weight is 329 g/mol. The predicted molar refractivity (Wildman–Crippen MR) is 94.3 cm³/mol. The second-order valence-corrected chi connectivity index (χ2v) is 6.03. The average Bonchev–Trinajstić information content (AvgIpc) is 2.58. The Balaban J connectivity index is 2.15. The summed E-state index contributed by atoms with van der Waals surface area (Å²) in [5, 5.41) is 0. The summed E-state index contributed by atoms with van der Waals surface area (Å²) in [6.45, 7) is 4.34. The third kappa shape index (κ3) is 4.13. The highest BCUT2D eigenvalue weighted by Gasteiger charge is 2.13. The molecule has 24 heavy (non-hydrogen) atoms. The van der Waals surface area contributed by atoms with Crippen LogP contribution in [-0.4, -0.2) is 24.9 Å². The number of halogens is 1. The van der Waals surface area contributed by atoms with Crippen LogP contribution in [0.5, 0.6) is 11.5 Å². The molecule has 4 heteroatoms. The number of ether oxygens (including phenoxy) is 1. The van der Waals surface area contributed by atoms with Crippen LogP contribution < -0.4 is 4.74 Å². The molecule has 1 amide bonds. The highest BCUT2D eigenvalue weighted by atomic mass is 19.1. The van der Waals surface area contributed by atoms with Crippen molar-refractivity contribution in [2.45, 2.75) is 32.6 Å². The minimum Gasteiger partial charge on any atom is -0.454 e. The van der Waals surface area contributed by atoms with Crippen molar-refractivity contribution in [2.24, 2.45) is 0 Å². The summed E-state index contributed by atoms with van der Waals surface area (Å²) in [7, 11) is 3.26. The second-order valence-electron chi connectivity index (χ2n) is 6.03. The van der Waals surface area contributed by atoms with Crippen molar-refractivity contribution in [1.82, 2.24) is 4.90 Å². The lowest BCUT2D eigenvalue weighted by Crippen LogP contribution is -2.21. The van der Waals surface area contributed by atoms with Crippen molar-refractivity contribution in [3.05, 3.63) is 59.4 Å². The largest absolute Gasteiger partial charge is 0.454 e. The maximum Gasteiger partial charge on any atom is 0.253 e. The fraction of sp³-hybridized carbons (Fsp3) is 0.350. The van der Waals surface area contributed by atoms with Gasteiger partial charge in [-0.05, 0) is 54.7 Å². The number of nitrogens with zero attached hydrogens (tertiary/aromatic N) is 1. The molecule has 0 aromatic heterocycles. The van der Waals surface area contributed by atoms with E-state index in [1.807, 2.05) is 24.3 Å². The maximum absolute atomic E-state index is 14.2. The maximum atomic E-state index is 14.2. The van der Waals surface area contributed by atoms with Gasteiger partial charge in [-0.15, -0.1) is 0 Å². The fourth-order valence-electron chi connectivity index (χ4n) is 2.67. The molecule has 0 aliphatic heterocycles. The quantitative estimate of drug-likeness (QED) is 0.727. The standard InChI is InChI=1S/C20H24FNO2/c1-5-14(6-2)15-7-10-17(11-8-15)24-19-12-9-16(13-18(19)21)20(23)22(3)4/h7-14H,5-6H2,1-4H3. The molecule has 0 heterocycles. The molecule has 2 aromatic carbocycles. The second kappa shape index (κ2) is 7.95. The molecular weight excluding hydrogens is 305 g/mol. The van der Waals surface area contributed by atoms with Crippen molar-refractivity contribution in [2.75, 3.05) is 14.1 Å². The molecule has 0 bridgehead atoms. The van der Waals surface area contributed by atoms with Crippen LogP contribution in [0.15, 0.2) is 42.5 Å². The normalized spacial score (nSPS) is 10.8. The van der Waals surface area contributed by atoms with Crippen LogP contribution in [0.3, 0.4) is 0 Å². The molecule has 0 unspecified atom stereocenters. The van der Waals surface area contributed by atoms with E-state index in [0.717, 1.165) is 12.8 Å². The zero-order chi connectivity index (χ0) is 17.7. The molecule has 0 aliphatic carbocycles. The van der Waals surface area contributed by atoms with Gasteiger partial charge in [0.2, 0.25) is 0 Å². The van der Waals surface area contributed by atoms with Crippen LogP contribution in [-0.2, 0) is 0 Å². The van der Waals surface area contributed by atoms with Gasteiger partial charge < -0.3 is 9.64 Å². The Hall–Kier alpha value is -2.36.